The van der Waals surface area contributed by atoms with Crippen molar-refractivity contribution in [1.29, 1.82) is 0 Å². The molecule has 0 rings (SSSR count). The van der Waals surface area contributed by atoms with Crippen molar-refractivity contribution in [2.45, 2.75) is 39.7 Å². The molecule has 0 aliphatic heterocycles. The SMILES string of the molecule is C#CC#CC#CC#CC#CC#CC#CC#CC#CC#CC#CC#CC#CC.[CH2-][P@@](C)(=O)OC[C@@H](CC(=O)CC)[C@@H](C)OC. The molecule has 0 aromatic rings. The molecule has 0 aromatic heterocycles. The van der Waals surface area contributed by atoms with Crippen molar-refractivity contribution in [2.75, 3.05) is 20.4 Å². The Hall–Kier alpha value is -5.90. The minimum atomic E-state index is -2.74. The highest BCUT2D eigenvalue weighted by Gasteiger charge is 2.21. The van der Waals surface area contributed by atoms with Gasteiger partial charge in [0.05, 0.1) is 20.1 Å². The number of ether oxygens (including phenoxy) is 1. The smallest absolute Gasteiger partial charge is 0.133 e. The zero-order valence-electron chi connectivity index (χ0n) is 24.6. The quantitative estimate of drug-likeness (QED) is 0.252. The molecule has 0 aromatic carbocycles. The van der Waals surface area contributed by atoms with Crippen molar-refractivity contribution in [3.8, 4) is 154 Å². The van der Waals surface area contributed by atoms with Crippen LogP contribution in [-0.2, 0) is 18.6 Å². The predicted molar refractivity (Wildman–Crippen MR) is 173 cm³/mol. The Kier molecular flexibility index (Phi) is 26.6. The van der Waals surface area contributed by atoms with Crippen molar-refractivity contribution in [3.05, 3.63) is 6.66 Å². The van der Waals surface area contributed by atoms with Gasteiger partial charge in [0.25, 0.3) is 0 Å². The molecule has 0 fully saturated rings. The molecule has 5 heteroatoms. The third kappa shape index (κ3) is 32.2. The second-order valence-electron chi connectivity index (χ2n) is 7.38. The summed E-state index contributed by atoms with van der Waals surface area (Å²) in [6.07, 6.45) is 5.71. The van der Waals surface area contributed by atoms with Gasteiger partial charge in [-0.2, -0.15) is 0 Å². The summed E-state index contributed by atoms with van der Waals surface area (Å²) < 4.78 is 21.7. The molecule has 43 heavy (non-hydrogen) atoms. The van der Waals surface area contributed by atoms with Crippen molar-refractivity contribution >= 4 is 13.2 Å². The maximum Gasteiger partial charge on any atom is 0.133 e. The predicted octanol–water partition coefficient (Wildman–Crippen LogP) is 3.40. The molecule has 4 nitrogen and oxygen atoms in total. The Morgan fingerprint density at radius 3 is 1.30 bits per heavy atom. The first-order valence-electron chi connectivity index (χ1n) is 12.2. The van der Waals surface area contributed by atoms with Gasteiger partial charge in [0.2, 0.25) is 0 Å². The maximum absolute atomic E-state index is 11.4. The van der Waals surface area contributed by atoms with Crippen LogP contribution in [-0.4, -0.2) is 32.3 Å². The second-order valence-corrected chi connectivity index (χ2v) is 9.66. The first-order chi connectivity index (χ1) is 20.7. The van der Waals surface area contributed by atoms with Gasteiger partial charge in [-0.25, -0.2) is 0 Å². The van der Waals surface area contributed by atoms with Crippen LogP contribution in [0.3, 0.4) is 0 Å². The molecule has 0 heterocycles. The number of terminal acetylenes is 1. The van der Waals surface area contributed by atoms with Crippen LogP contribution in [0.25, 0.3) is 0 Å². The van der Waals surface area contributed by atoms with Crippen molar-refractivity contribution < 1.29 is 18.6 Å². The van der Waals surface area contributed by atoms with Gasteiger partial charge in [0.15, 0.2) is 0 Å². The molecule has 208 valence electrons. The third-order valence-electron chi connectivity index (χ3n) is 4.05. The Morgan fingerprint density at radius 1 is 0.721 bits per heavy atom. The van der Waals surface area contributed by atoms with E-state index >= 15 is 0 Å². The minimum Gasteiger partial charge on any atom is -0.381 e. The lowest BCUT2D eigenvalue weighted by Crippen LogP contribution is -2.26. The molecule has 0 aliphatic rings. The van der Waals surface area contributed by atoms with Gasteiger partial charge in [-0.3, -0.25) is 11.5 Å². The molecule has 0 amide bonds. The number of rotatable bonds is 8. The Balaban J connectivity index is 0. The number of Topliss-reactive ketones (excluding diaryl/α,β-unsaturated/α-hetero) is 1. The summed E-state index contributed by atoms with van der Waals surface area (Å²) in [7, 11) is -1.15. The lowest BCUT2D eigenvalue weighted by molar-refractivity contribution is -0.121. The standard InChI is InChI=1S/C27H4.C11H22O4P/c1-3-5-7-9-11-13-15-17-19-21-23-25-27-26-24-22-20-18-16-14-12-10-8-6-4-2;1-6-11(12)7-10(9(2)14-3)8-15-16(4,5)13/h1H,2H3;9-10H,4,6-8H2,1-3,5H3/q;-1/t;9-,10-,16-/m.1/s1. The van der Waals surface area contributed by atoms with Crippen molar-refractivity contribution in [3.63, 3.8) is 0 Å². The summed E-state index contributed by atoms with van der Waals surface area (Å²) in [5.74, 6) is 62.0. The average molecular weight is 578 g/mol. The molecule has 0 bridgehead atoms. The fraction of sp³-hybridized carbons (Fsp3) is 0.263. The summed E-state index contributed by atoms with van der Waals surface area (Å²) in [6.45, 7) is 10.5. The topological polar surface area (TPSA) is 52.6 Å². The second kappa shape index (κ2) is 29.1. The van der Waals surface area contributed by atoms with E-state index in [1.165, 1.54) is 6.66 Å². The normalized spacial score (nSPS) is 9.42. The highest BCUT2D eigenvalue weighted by molar-refractivity contribution is 7.59. The number of hydrogen-bond donors (Lipinski definition) is 0. The number of carbonyl (C=O) groups excluding carboxylic acids is 1. The Morgan fingerprint density at radius 2 is 1.05 bits per heavy atom. The molecular formula is C38H26O4P-. The van der Waals surface area contributed by atoms with Gasteiger partial charge in [0, 0.05) is 73.2 Å². The summed E-state index contributed by atoms with van der Waals surface area (Å²) in [5.41, 5.74) is 0. The Labute approximate surface area is 258 Å². The molecule has 0 aliphatic carbocycles. The summed E-state index contributed by atoms with van der Waals surface area (Å²) in [4.78, 5) is 11.4. The average Bonchev–Trinajstić information content (AvgIpc) is 2.99. The van der Waals surface area contributed by atoms with Gasteiger partial charge < -0.3 is 13.8 Å². The maximum atomic E-state index is 11.4. The van der Waals surface area contributed by atoms with E-state index in [1.54, 1.807) is 14.0 Å². The summed E-state index contributed by atoms with van der Waals surface area (Å²) in [5, 5.41) is 0. The summed E-state index contributed by atoms with van der Waals surface area (Å²) >= 11 is 0. The van der Waals surface area contributed by atoms with E-state index in [1.807, 2.05) is 13.8 Å². The van der Waals surface area contributed by atoms with Crippen LogP contribution in [0.2, 0.25) is 0 Å². The molecular weight excluding hydrogens is 551 g/mol. The van der Waals surface area contributed by atoms with Gasteiger partial charge in [-0.15, -0.1) is 6.42 Å². The first-order valence-corrected chi connectivity index (χ1v) is 14.5. The van der Waals surface area contributed by atoms with Crippen LogP contribution in [0.1, 0.15) is 33.6 Å². The van der Waals surface area contributed by atoms with Gasteiger partial charge in [-0.05, 0) is 115 Å². The van der Waals surface area contributed by atoms with Gasteiger partial charge >= 0.3 is 0 Å². The molecule has 0 saturated heterocycles. The van der Waals surface area contributed by atoms with Crippen LogP contribution in [0.4, 0.5) is 0 Å². The minimum absolute atomic E-state index is 0.0625. The number of carbonyl (C=O) groups is 1. The van der Waals surface area contributed by atoms with E-state index in [4.69, 9.17) is 15.7 Å². The van der Waals surface area contributed by atoms with E-state index in [-0.39, 0.29) is 24.4 Å². The molecule has 3 atom stereocenters. The number of methoxy groups -OCH3 is 1. The molecule has 0 unspecified atom stereocenters. The van der Waals surface area contributed by atoms with Crippen LogP contribution in [0, 0.1) is 167 Å². The third-order valence-corrected chi connectivity index (χ3v) is 4.75. The van der Waals surface area contributed by atoms with E-state index < -0.39 is 7.37 Å². The van der Waals surface area contributed by atoms with Crippen LogP contribution < -0.4 is 0 Å². The monoisotopic (exact) mass is 577 g/mol. The fourth-order valence-electron chi connectivity index (χ4n) is 2.00. The molecule has 0 N–H and O–H groups in total. The lowest BCUT2D eigenvalue weighted by atomic mass is 9.97. The highest BCUT2D eigenvalue weighted by Crippen LogP contribution is 2.40. The highest BCUT2D eigenvalue weighted by atomic mass is 31.2. The number of ketones is 1. The van der Waals surface area contributed by atoms with E-state index in [9.17, 15) is 9.36 Å². The zero-order valence-corrected chi connectivity index (χ0v) is 25.5. The van der Waals surface area contributed by atoms with E-state index in [2.05, 4.69) is 155 Å². The molecule has 0 spiro atoms. The van der Waals surface area contributed by atoms with Crippen LogP contribution >= 0.6 is 7.37 Å². The largest absolute Gasteiger partial charge is 0.381 e. The van der Waals surface area contributed by atoms with Gasteiger partial charge in [-0.1, -0.05) is 12.8 Å². The first kappa shape index (κ1) is 39.2. The Bertz CT molecular complexity index is 1840. The van der Waals surface area contributed by atoms with Crippen molar-refractivity contribution in [1.82, 2.24) is 0 Å². The fourth-order valence-corrected chi connectivity index (χ4v) is 2.50. The van der Waals surface area contributed by atoms with E-state index in [0.29, 0.717) is 12.8 Å². The number of hydrogen-bond acceptors (Lipinski definition) is 4. The van der Waals surface area contributed by atoms with Crippen LogP contribution in [0.15, 0.2) is 0 Å². The molecule has 0 radical (unpaired) electrons. The van der Waals surface area contributed by atoms with Crippen molar-refractivity contribution in [2.24, 2.45) is 5.92 Å². The van der Waals surface area contributed by atoms with Crippen LogP contribution in [0.5, 0.6) is 0 Å². The van der Waals surface area contributed by atoms with E-state index in [0.717, 1.165) is 0 Å². The molecule has 0 saturated carbocycles. The zero-order chi connectivity index (χ0) is 32.4. The lowest BCUT2D eigenvalue weighted by Gasteiger charge is -2.25. The summed E-state index contributed by atoms with van der Waals surface area (Å²) in [6, 6.07) is 0. The van der Waals surface area contributed by atoms with Gasteiger partial charge in [0.1, 0.15) is 5.78 Å².